The zero-order chi connectivity index (χ0) is 17.5. The van der Waals surface area contributed by atoms with E-state index in [0.29, 0.717) is 12.7 Å². The molecule has 3 atom stereocenters. The van der Waals surface area contributed by atoms with Crippen molar-refractivity contribution in [1.82, 2.24) is 9.80 Å². The van der Waals surface area contributed by atoms with E-state index in [1.54, 1.807) is 0 Å². The molecule has 0 N–H and O–H groups in total. The molecule has 1 amide bonds. The lowest BCUT2D eigenvalue weighted by Gasteiger charge is -2.34. The van der Waals surface area contributed by atoms with Gasteiger partial charge in [-0.3, -0.25) is 9.69 Å². The maximum Gasteiger partial charge on any atom is 0.251 e. The Bertz CT molecular complexity index is 688. The SMILES string of the molecule is O=C([C@H]1C[C@@H]2CCN(Cc3ccc4c(c3)OCO4)C[C@@H]2O1)N1CCCC1. The van der Waals surface area contributed by atoms with Crippen molar-refractivity contribution in [1.29, 1.82) is 0 Å². The van der Waals surface area contributed by atoms with Gasteiger partial charge in [0, 0.05) is 26.2 Å². The number of hydrogen-bond acceptors (Lipinski definition) is 5. The van der Waals surface area contributed by atoms with Crippen LogP contribution in [0.3, 0.4) is 0 Å². The zero-order valence-electron chi connectivity index (χ0n) is 15.1. The van der Waals surface area contributed by atoms with Crippen molar-refractivity contribution in [2.45, 2.75) is 44.4 Å². The van der Waals surface area contributed by atoms with E-state index < -0.39 is 0 Å². The molecule has 0 aromatic heterocycles. The molecule has 0 aliphatic carbocycles. The average Bonchev–Trinajstić information content (AvgIpc) is 3.40. The molecule has 0 saturated carbocycles. The van der Waals surface area contributed by atoms with Crippen LogP contribution >= 0.6 is 0 Å². The second-order valence-corrected chi connectivity index (χ2v) is 7.90. The molecule has 26 heavy (non-hydrogen) atoms. The highest BCUT2D eigenvalue weighted by molar-refractivity contribution is 5.81. The largest absolute Gasteiger partial charge is 0.454 e. The molecule has 6 heteroatoms. The Morgan fingerprint density at radius 2 is 1.96 bits per heavy atom. The van der Waals surface area contributed by atoms with E-state index in [9.17, 15) is 4.79 Å². The number of fused-ring (bicyclic) bond motifs is 2. The summed E-state index contributed by atoms with van der Waals surface area (Å²) in [4.78, 5) is 17.1. The van der Waals surface area contributed by atoms with Crippen LogP contribution in [0.15, 0.2) is 18.2 Å². The molecule has 1 aromatic carbocycles. The van der Waals surface area contributed by atoms with Crippen LogP contribution < -0.4 is 9.47 Å². The minimum atomic E-state index is -0.214. The van der Waals surface area contributed by atoms with Crippen molar-refractivity contribution in [2.75, 3.05) is 33.0 Å². The molecule has 0 unspecified atom stereocenters. The first kappa shape index (κ1) is 16.4. The highest BCUT2D eigenvalue weighted by Gasteiger charge is 2.43. The minimum Gasteiger partial charge on any atom is -0.454 e. The summed E-state index contributed by atoms with van der Waals surface area (Å²) in [7, 11) is 0. The first-order chi connectivity index (χ1) is 12.8. The number of piperidine rings is 1. The summed E-state index contributed by atoms with van der Waals surface area (Å²) >= 11 is 0. The second-order valence-electron chi connectivity index (χ2n) is 7.90. The number of carbonyl (C=O) groups excluding carboxylic acids is 1. The van der Waals surface area contributed by atoms with Crippen LogP contribution in [0.5, 0.6) is 11.5 Å². The number of carbonyl (C=O) groups is 1. The molecular formula is C20H26N2O4. The molecule has 6 nitrogen and oxygen atoms in total. The number of likely N-dealkylation sites (tertiary alicyclic amines) is 2. The predicted octanol–water partition coefficient (Wildman–Crippen LogP) is 2.02. The Morgan fingerprint density at radius 1 is 1.12 bits per heavy atom. The molecule has 0 spiro atoms. The zero-order valence-corrected chi connectivity index (χ0v) is 15.1. The quantitative estimate of drug-likeness (QED) is 0.827. The van der Waals surface area contributed by atoms with Gasteiger partial charge in [-0.25, -0.2) is 0 Å². The van der Waals surface area contributed by atoms with Gasteiger partial charge >= 0.3 is 0 Å². The van der Waals surface area contributed by atoms with Crippen molar-refractivity contribution >= 4 is 5.91 Å². The van der Waals surface area contributed by atoms with Crippen molar-refractivity contribution in [3.8, 4) is 11.5 Å². The summed E-state index contributed by atoms with van der Waals surface area (Å²) in [5.74, 6) is 2.42. The maximum absolute atomic E-state index is 12.6. The summed E-state index contributed by atoms with van der Waals surface area (Å²) in [5, 5.41) is 0. The van der Waals surface area contributed by atoms with Crippen molar-refractivity contribution in [3.05, 3.63) is 23.8 Å². The van der Waals surface area contributed by atoms with Crippen LogP contribution in [0.1, 0.15) is 31.2 Å². The smallest absolute Gasteiger partial charge is 0.251 e. The van der Waals surface area contributed by atoms with Crippen LogP contribution in [-0.2, 0) is 16.1 Å². The second kappa shape index (κ2) is 6.74. The van der Waals surface area contributed by atoms with E-state index in [-0.39, 0.29) is 18.1 Å². The number of amides is 1. The Kier molecular flexibility index (Phi) is 4.25. The van der Waals surface area contributed by atoms with Crippen LogP contribution in [0.25, 0.3) is 0 Å². The normalized spacial score (nSPS) is 30.6. The molecule has 1 aromatic rings. The molecule has 0 bridgehead atoms. The highest BCUT2D eigenvalue weighted by atomic mass is 16.7. The maximum atomic E-state index is 12.6. The fourth-order valence-corrected chi connectivity index (χ4v) is 4.74. The van der Waals surface area contributed by atoms with Crippen LogP contribution in [-0.4, -0.2) is 60.9 Å². The van der Waals surface area contributed by atoms with Crippen LogP contribution in [0.2, 0.25) is 0 Å². The van der Waals surface area contributed by atoms with E-state index >= 15 is 0 Å². The molecule has 4 aliphatic heterocycles. The molecule has 3 saturated heterocycles. The molecule has 5 rings (SSSR count). The van der Waals surface area contributed by atoms with Gasteiger partial charge in [0.2, 0.25) is 6.79 Å². The molecular weight excluding hydrogens is 332 g/mol. The number of benzene rings is 1. The standard InChI is InChI=1S/C20H26N2O4/c23-20(22-6-1-2-7-22)18-10-15-5-8-21(12-19(15)26-18)11-14-3-4-16-17(9-14)25-13-24-16/h3-4,9,15,18-19H,1-2,5-8,10-13H2/t15-,18+,19-/m0/s1. The Morgan fingerprint density at radius 3 is 2.85 bits per heavy atom. The first-order valence-corrected chi connectivity index (χ1v) is 9.81. The van der Waals surface area contributed by atoms with Gasteiger partial charge in [0.05, 0.1) is 6.10 Å². The lowest BCUT2D eigenvalue weighted by atomic mass is 9.91. The van der Waals surface area contributed by atoms with Gasteiger partial charge in [-0.05, 0) is 55.8 Å². The number of rotatable bonds is 3. The number of ether oxygens (including phenoxy) is 3. The molecule has 4 aliphatic rings. The minimum absolute atomic E-state index is 0.189. The van der Waals surface area contributed by atoms with Crippen molar-refractivity contribution in [3.63, 3.8) is 0 Å². The van der Waals surface area contributed by atoms with Gasteiger partial charge in [0.15, 0.2) is 11.5 Å². The summed E-state index contributed by atoms with van der Waals surface area (Å²) in [6.07, 6.45) is 4.25. The Labute approximate surface area is 154 Å². The van der Waals surface area contributed by atoms with Gasteiger partial charge in [0.25, 0.3) is 5.91 Å². The molecule has 0 radical (unpaired) electrons. The average molecular weight is 358 g/mol. The van der Waals surface area contributed by atoms with Gasteiger partial charge in [-0.1, -0.05) is 6.07 Å². The fourth-order valence-electron chi connectivity index (χ4n) is 4.74. The van der Waals surface area contributed by atoms with Gasteiger partial charge in [0.1, 0.15) is 6.10 Å². The lowest BCUT2D eigenvalue weighted by Crippen LogP contribution is -2.42. The molecule has 4 heterocycles. The third-order valence-electron chi connectivity index (χ3n) is 6.17. The van der Waals surface area contributed by atoms with E-state index in [4.69, 9.17) is 14.2 Å². The predicted molar refractivity (Wildman–Crippen MR) is 95.0 cm³/mol. The van der Waals surface area contributed by atoms with E-state index in [1.165, 1.54) is 5.56 Å². The number of nitrogens with zero attached hydrogens (tertiary/aromatic N) is 2. The van der Waals surface area contributed by atoms with Gasteiger partial charge < -0.3 is 19.1 Å². The third-order valence-corrected chi connectivity index (χ3v) is 6.17. The van der Waals surface area contributed by atoms with E-state index in [1.807, 2.05) is 11.0 Å². The van der Waals surface area contributed by atoms with Crippen LogP contribution in [0, 0.1) is 5.92 Å². The summed E-state index contributed by atoms with van der Waals surface area (Å²) < 4.78 is 17.1. The van der Waals surface area contributed by atoms with E-state index in [0.717, 1.165) is 69.9 Å². The molecule has 3 fully saturated rings. The van der Waals surface area contributed by atoms with Gasteiger partial charge in [-0.15, -0.1) is 0 Å². The third kappa shape index (κ3) is 3.05. The number of hydrogen-bond donors (Lipinski definition) is 0. The first-order valence-electron chi connectivity index (χ1n) is 9.81. The summed E-state index contributed by atoms with van der Waals surface area (Å²) in [6.45, 7) is 4.97. The lowest BCUT2D eigenvalue weighted by molar-refractivity contribution is -0.142. The van der Waals surface area contributed by atoms with Crippen molar-refractivity contribution < 1.29 is 19.0 Å². The Balaban J connectivity index is 1.19. The van der Waals surface area contributed by atoms with Gasteiger partial charge in [-0.2, -0.15) is 0 Å². The topological polar surface area (TPSA) is 51.2 Å². The Hall–Kier alpha value is -1.79. The van der Waals surface area contributed by atoms with E-state index in [2.05, 4.69) is 17.0 Å². The summed E-state index contributed by atoms with van der Waals surface area (Å²) in [5.41, 5.74) is 1.23. The van der Waals surface area contributed by atoms with Crippen LogP contribution in [0.4, 0.5) is 0 Å². The fraction of sp³-hybridized carbons (Fsp3) is 0.650. The summed E-state index contributed by atoms with van der Waals surface area (Å²) in [6, 6.07) is 6.17. The molecule has 140 valence electrons. The van der Waals surface area contributed by atoms with Crippen molar-refractivity contribution in [2.24, 2.45) is 5.92 Å². The monoisotopic (exact) mass is 358 g/mol. The highest BCUT2D eigenvalue weighted by Crippen LogP contribution is 2.36.